The van der Waals surface area contributed by atoms with Crippen molar-refractivity contribution < 1.29 is 28.5 Å². The Bertz CT molecular complexity index is 1020. The molecule has 0 spiro atoms. The van der Waals surface area contributed by atoms with E-state index in [1.54, 1.807) is 28.4 Å². The molecule has 0 bridgehead atoms. The van der Waals surface area contributed by atoms with E-state index in [4.69, 9.17) is 23.7 Å². The van der Waals surface area contributed by atoms with Crippen LogP contribution in [0.25, 0.3) is 17.4 Å². The number of hydrogen-bond acceptors (Lipinski definition) is 6. The minimum absolute atomic E-state index is 0.377. The highest BCUT2D eigenvalue weighted by atomic mass is 16.5. The molecular formula is C23H24O6. The number of allylic oxidation sites excluding steroid dienone is 2. The molecule has 2 aromatic rings. The maximum absolute atomic E-state index is 11.7. The van der Waals surface area contributed by atoms with E-state index in [2.05, 4.69) is 0 Å². The molecule has 6 nitrogen and oxygen atoms in total. The van der Waals surface area contributed by atoms with Crippen molar-refractivity contribution >= 4 is 23.4 Å². The van der Waals surface area contributed by atoms with E-state index in [0.29, 0.717) is 28.8 Å². The summed E-state index contributed by atoms with van der Waals surface area (Å²) in [6.07, 6.45) is 1.98. The first-order valence-electron chi connectivity index (χ1n) is 9.04. The SMILES string of the molecule is COc1ccc2c(c1)C(OC(C)=O)=C(C)C2=Cc1ccc(OC)c(OC)c1OC. The third-order valence-corrected chi connectivity index (χ3v) is 4.79. The standard InChI is InChI=1S/C23H24O6/c1-13-18(11-15-7-10-20(26-4)23(28-6)22(15)27-5)17-9-8-16(25-3)12-19(17)21(13)29-14(2)24/h7-12H,1-6H3. The summed E-state index contributed by atoms with van der Waals surface area (Å²) in [4.78, 5) is 11.7. The number of carbonyl (C=O) groups excluding carboxylic acids is 1. The Hall–Kier alpha value is -3.41. The maximum Gasteiger partial charge on any atom is 0.308 e. The lowest BCUT2D eigenvalue weighted by Gasteiger charge is -2.15. The smallest absolute Gasteiger partial charge is 0.308 e. The molecule has 29 heavy (non-hydrogen) atoms. The lowest BCUT2D eigenvalue weighted by molar-refractivity contribution is -0.134. The van der Waals surface area contributed by atoms with Gasteiger partial charge in [0.05, 0.1) is 28.4 Å². The summed E-state index contributed by atoms with van der Waals surface area (Å²) in [5.41, 5.74) is 4.33. The average molecular weight is 396 g/mol. The number of carbonyl (C=O) groups is 1. The normalized spacial score (nSPS) is 13.9. The van der Waals surface area contributed by atoms with Gasteiger partial charge in [-0.05, 0) is 54.5 Å². The molecule has 0 radical (unpaired) electrons. The number of methoxy groups -OCH3 is 4. The fraction of sp³-hybridized carbons (Fsp3) is 0.261. The number of rotatable bonds is 6. The second kappa shape index (κ2) is 8.31. The van der Waals surface area contributed by atoms with Crippen molar-refractivity contribution in [2.24, 2.45) is 0 Å². The first kappa shape index (κ1) is 20.3. The fourth-order valence-corrected chi connectivity index (χ4v) is 3.45. The molecule has 0 heterocycles. The van der Waals surface area contributed by atoms with Crippen LogP contribution in [-0.4, -0.2) is 34.4 Å². The van der Waals surface area contributed by atoms with Gasteiger partial charge in [-0.3, -0.25) is 4.79 Å². The van der Waals surface area contributed by atoms with E-state index < -0.39 is 0 Å². The van der Waals surface area contributed by atoms with Gasteiger partial charge < -0.3 is 23.7 Å². The fourth-order valence-electron chi connectivity index (χ4n) is 3.45. The lowest BCUT2D eigenvalue weighted by atomic mass is 9.99. The first-order chi connectivity index (χ1) is 13.9. The van der Waals surface area contributed by atoms with Crippen molar-refractivity contribution in [2.75, 3.05) is 28.4 Å². The topological polar surface area (TPSA) is 63.2 Å². The van der Waals surface area contributed by atoms with Gasteiger partial charge in [0.1, 0.15) is 11.5 Å². The van der Waals surface area contributed by atoms with Crippen molar-refractivity contribution in [3.8, 4) is 23.0 Å². The number of ether oxygens (including phenoxy) is 5. The highest BCUT2D eigenvalue weighted by Gasteiger charge is 2.27. The molecule has 1 aliphatic rings. The second-order valence-corrected chi connectivity index (χ2v) is 6.44. The van der Waals surface area contributed by atoms with Crippen LogP contribution in [0.1, 0.15) is 30.5 Å². The zero-order chi connectivity index (χ0) is 21.1. The monoisotopic (exact) mass is 396 g/mol. The Morgan fingerprint density at radius 3 is 2.17 bits per heavy atom. The minimum atomic E-state index is -0.377. The second-order valence-electron chi connectivity index (χ2n) is 6.44. The Kier molecular flexibility index (Phi) is 5.82. The predicted molar refractivity (Wildman–Crippen MR) is 111 cm³/mol. The summed E-state index contributed by atoms with van der Waals surface area (Å²) >= 11 is 0. The molecule has 0 fully saturated rings. The first-order valence-corrected chi connectivity index (χ1v) is 9.04. The van der Waals surface area contributed by atoms with Crippen molar-refractivity contribution in [1.29, 1.82) is 0 Å². The van der Waals surface area contributed by atoms with Crippen molar-refractivity contribution in [1.82, 2.24) is 0 Å². The van der Waals surface area contributed by atoms with Crippen LogP contribution in [-0.2, 0) is 9.53 Å². The summed E-state index contributed by atoms with van der Waals surface area (Å²) in [6, 6.07) is 9.41. The van der Waals surface area contributed by atoms with Gasteiger partial charge in [-0.2, -0.15) is 0 Å². The largest absolute Gasteiger partial charge is 0.497 e. The number of esters is 1. The third kappa shape index (κ3) is 3.66. The molecule has 0 unspecified atom stereocenters. The van der Waals surface area contributed by atoms with Gasteiger partial charge in [-0.15, -0.1) is 0 Å². The van der Waals surface area contributed by atoms with Crippen molar-refractivity contribution in [2.45, 2.75) is 13.8 Å². The molecule has 0 aromatic heterocycles. The van der Waals surface area contributed by atoms with Gasteiger partial charge in [-0.25, -0.2) is 0 Å². The molecule has 152 valence electrons. The average Bonchev–Trinajstić information content (AvgIpc) is 2.97. The molecular weight excluding hydrogens is 372 g/mol. The van der Waals surface area contributed by atoms with Gasteiger partial charge in [0.25, 0.3) is 0 Å². The van der Waals surface area contributed by atoms with E-state index in [1.165, 1.54) is 6.92 Å². The number of benzene rings is 2. The Morgan fingerprint density at radius 1 is 0.862 bits per heavy atom. The zero-order valence-corrected chi connectivity index (χ0v) is 17.4. The Balaban J connectivity index is 2.22. The van der Waals surface area contributed by atoms with Gasteiger partial charge in [0.2, 0.25) is 5.75 Å². The highest BCUT2D eigenvalue weighted by molar-refractivity contribution is 6.05. The number of fused-ring (bicyclic) bond motifs is 1. The molecule has 1 aliphatic carbocycles. The van der Waals surface area contributed by atoms with Gasteiger partial charge in [0, 0.05) is 23.6 Å². The van der Waals surface area contributed by atoms with Crippen LogP contribution in [0.3, 0.4) is 0 Å². The summed E-state index contributed by atoms with van der Waals surface area (Å²) in [6.45, 7) is 3.31. The van der Waals surface area contributed by atoms with Crippen LogP contribution in [0, 0.1) is 0 Å². The summed E-state index contributed by atoms with van der Waals surface area (Å²) in [5, 5.41) is 0. The van der Waals surface area contributed by atoms with E-state index in [-0.39, 0.29) is 5.97 Å². The van der Waals surface area contributed by atoms with Gasteiger partial charge in [-0.1, -0.05) is 0 Å². The Labute approximate surface area is 170 Å². The predicted octanol–water partition coefficient (Wildman–Crippen LogP) is 4.57. The third-order valence-electron chi connectivity index (χ3n) is 4.79. The summed E-state index contributed by atoms with van der Waals surface area (Å²) in [7, 11) is 6.33. The van der Waals surface area contributed by atoms with Crippen LogP contribution in [0.5, 0.6) is 23.0 Å². The summed E-state index contributed by atoms with van der Waals surface area (Å²) in [5.74, 6) is 2.49. The van der Waals surface area contributed by atoms with Crippen LogP contribution < -0.4 is 18.9 Å². The molecule has 0 N–H and O–H groups in total. The highest BCUT2D eigenvalue weighted by Crippen LogP contribution is 2.46. The van der Waals surface area contributed by atoms with E-state index in [1.807, 2.05) is 43.3 Å². The van der Waals surface area contributed by atoms with E-state index in [9.17, 15) is 4.79 Å². The molecule has 2 aromatic carbocycles. The molecule has 3 rings (SSSR count). The van der Waals surface area contributed by atoms with Crippen LogP contribution in [0.2, 0.25) is 0 Å². The van der Waals surface area contributed by atoms with Crippen molar-refractivity contribution in [3.05, 3.63) is 52.6 Å². The van der Waals surface area contributed by atoms with Crippen LogP contribution in [0.15, 0.2) is 35.9 Å². The molecule has 0 aliphatic heterocycles. The number of hydrogen-bond donors (Lipinski definition) is 0. The van der Waals surface area contributed by atoms with Crippen LogP contribution >= 0.6 is 0 Å². The molecule has 0 saturated heterocycles. The van der Waals surface area contributed by atoms with Gasteiger partial charge >= 0.3 is 5.97 Å². The molecule has 0 saturated carbocycles. The maximum atomic E-state index is 11.7. The van der Waals surface area contributed by atoms with Gasteiger partial charge in [0.15, 0.2) is 11.5 Å². The minimum Gasteiger partial charge on any atom is -0.497 e. The van der Waals surface area contributed by atoms with Crippen molar-refractivity contribution in [3.63, 3.8) is 0 Å². The quantitative estimate of drug-likeness (QED) is 0.667. The zero-order valence-electron chi connectivity index (χ0n) is 17.4. The molecule has 0 amide bonds. The van der Waals surface area contributed by atoms with E-state index in [0.717, 1.165) is 27.8 Å². The van der Waals surface area contributed by atoms with E-state index >= 15 is 0 Å². The lowest BCUT2D eigenvalue weighted by Crippen LogP contribution is -1.98. The Morgan fingerprint density at radius 2 is 1.59 bits per heavy atom. The van der Waals surface area contributed by atoms with Crippen LogP contribution in [0.4, 0.5) is 0 Å². The molecule has 6 heteroatoms. The summed E-state index contributed by atoms with van der Waals surface area (Å²) < 4.78 is 27.3. The molecule has 0 atom stereocenters.